The van der Waals surface area contributed by atoms with E-state index in [2.05, 4.69) is 13.8 Å². The van der Waals surface area contributed by atoms with Crippen molar-refractivity contribution in [1.82, 2.24) is 4.90 Å². The van der Waals surface area contributed by atoms with E-state index in [0.717, 1.165) is 0 Å². The molecule has 3 rings (SSSR count). The van der Waals surface area contributed by atoms with E-state index in [0.29, 0.717) is 30.0 Å². The molecule has 136 valence electrons. The first-order valence-corrected chi connectivity index (χ1v) is 8.24. The third-order valence-electron chi connectivity index (χ3n) is 4.24. The molecule has 0 atom stereocenters. The molecule has 1 N–H and O–H groups in total. The number of rotatable bonds is 5. The van der Waals surface area contributed by atoms with Crippen LogP contribution in [0.4, 0.5) is 5.69 Å². The highest BCUT2D eigenvalue weighted by molar-refractivity contribution is 5.95. The maximum Gasteiger partial charge on any atom is 0.311 e. The third kappa shape index (κ3) is 3.67. The predicted octanol–water partition coefficient (Wildman–Crippen LogP) is 3.36. The van der Waals surface area contributed by atoms with Gasteiger partial charge >= 0.3 is 5.69 Å². The number of hydrogen-bond donors (Lipinski definition) is 1. The average Bonchev–Trinajstić information content (AvgIpc) is 2.58. The van der Waals surface area contributed by atoms with E-state index in [1.807, 2.05) is 0 Å². The second kappa shape index (κ2) is 6.76. The monoisotopic (exact) mass is 356 g/mol. The van der Waals surface area contributed by atoms with Crippen LogP contribution in [0.5, 0.6) is 11.5 Å². The molecule has 2 aromatic rings. The van der Waals surface area contributed by atoms with Gasteiger partial charge in [0.1, 0.15) is 5.75 Å². The van der Waals surface area contributed by atoms with Crippen LogP contribution in [-0.2, 0) is 6.61 Å². The molecule has 0 unspecified atom stereocenters. The number of amides is 1. The van der Waals surface area contributed by atoms with Crippen LogP contribution < -0.4 is 4.74 Å². The minimum atomic E-state index is -0.548. The number of aliphatic hydroxyl groups excluding tert-OH is 1. The van der Waals surface area contributed by atoms with E-state index in [1.165, 1.54) is 18.2 Å². The van der Waals surface area contributed by atoms with Crippen LogP contribution in [0, 0.1) is 15.5 Å². The van der Waals surface area contributed by atoms with E-state index < -0.39 is 4.92 Å². The van der Waals surface area contributed by atoms with Crippen LogP contribution in [0.25, 0.3) is 0 Å². The molecule has 0 aliphatic carbocycles. The Morgan fingerprint density at radius 3 is 2.62 bits per heavy atom. The topological polar surface area (TPSA) is 92.9 Å². The van der Waals surface area contributed by atoms with Gasteiger partial charge in [-0.25, -0.2) is 0 Å². The molecule has 0 aromatic heterocycles. The number of nitrogens with zero attached hydrogens (tertiary/aromatic N) is 2. The Kier molecular flexibility index (Phi) is 4.65. The summed E-state index contributed by atoms with van der Waals surface area (Å²) in [7, 11) is 0. The second-order valence-electron chi connectivity index (χ2n) is 7.17. The molecule has 7 nitrogen and oxygen atoms in total. The number of benzene rings is 2. The van der Waals surface area contributed by atoms with Gasteiger partial charge in [-0.15, -0.1) is 0 Å². The maximum absolute atomic E-state index is 12.5. The summed E-state index contributed by atoms with van der Waals surface area (Å²) in [5.41, 5.74) is 0.901. The highest BCUT2D eigenvalue weighted by Gasteiger charge is 2.37. The molecular weight excluding hydrogens is 336 g/mol. The summed E-state index contributed by atoms with van der Waals surface area (Å²) < 4.78 is 5.65. The quantitative estimate of drug-likeness (QED) is 0.655. The molecule has 1 aliphatic rings. The van der Waals surface area contributed by atoms with Crippen molar-refractivity contribution in [1.29, 1.82) is 0 Å². The van der Waals surface area contributed by atoms with Gasteiger partial charge in [0.25, 0.3) is 5.91 Å². The van der Waals surface area contributed by atoms with E-state index in [4.69, 9.17) is 4.74 Å². The first kappa shape index (κ1) is 17.9. The van der Waals surface area contributed by atoms with Crippen LogP contribution in [-0.4, -0.2) is 33.9 Å². The Balaban J connectivity index is 1.83. The van der Waals surface area contributed by atoms with Crippen molar-refractivity contribution in [2.75, 3.05) is 13.1 Å². The van der Waals surface area contributed by atoms with Gasteiger partial charge in [0, 0.05) is 24.7 Å². The molecular formula is C19H20N2O5. The lowest BCUT2D eigenvalue weighted by Crippen LogP contribution is -2.55. The molecule has 1 saturated heterocycles. The molecule has 1 aliphatic heterocycles. The van der Waals surface area contributed by atoms with Crippen molar-refractivity contribution >= 4 is 11.6 Å². The number of ether oxygens (including phenoxy) is 1. The van der Waals surface area contributed by atoms with Crippen molar-refractivity contribution < 1.29 is 19.6 Å². The van der Waals surface area contributed by atoms with Crippen molar-refractivity contribution in [2.24, 2.45) is 5.41 Å². The predicted molar refractivity (Wildman–Crippen MR) is 95.2 cm³/mol. The summed E-state index contributed by atoms with van der Waals surface area (Å²) in [6.07, 6.45) is 0. The van der Waals surface area contributed by atoms with E-state index in [-0.39, 0.29) is 29.4 Å². The van der Waals surface area contributed by atoms with Crippen LogP contribution in [0.1, 0.15) is 29.8 Å². The second-order valence-corrected chi connectivity index (χ2v) is 7.17. The smallest absolute Gasteiger partial charge is 0.311 e. The third-order valence-corrected chi connectivity index (χ3v) is 4.24. The maximum atomic E-state index is 12.5. The van der Waals surface area contributed by atoms with Crippen molar-refractivity contribution in [3.05, 3.63) is 63.7 Å². The van der Waals surface area contributed by atoms with Gasteiger partial charge in [-0.2, -0.15) is 0 Å². The average molecular weight is 356 g/mol. The minimum Gasteiger partial charge on any atom is -0.450 e. The molecule has 2 aromatic carbocycles. The lowest BCUT2D eigenvalue weighted by molar-refractivity contribution is -0.385. The Labute approximate surface area is 151 Å². The largest absolute Gasteiger partial charge is 0.450 e. The SMILES string of the molecule is CC1(C)CN(C(=O)c2cccc(Oc3cc(CO)ccc3[N+](=O)[O-])c2)C1. The Bertz CT molecular complexity index is 855. The zero-order valence-corrected chi connectivity index (χ0v) is 14.6. The highest BCUT2D eigenvalue weighted by atomic mass is 16.6. The Hall–Kier alpha value is -2.93. The molecule has 1 fully saturated rings. The van der Waals surface area contributed by atoms with Gasteiger partial charge in [0.2, 0.25) is 5.75 Å². The van der Waals surface area contributed by atoms with E-state index in [9.17, 15) is 20.0 Å². The normalized spacial score (nSPS) is 15.3. The van der Waals surface area contributed by atoms with Gasteiger partial charge in [0.05, 0.1) is 11.5 Å². The zero-order chi connectivity index (χ0) is 18.9. The molecule has 0 spiro atoms. The van der Waals surface area contributed by atoms with Gasteiger partial charge in [-0.3, -0.25) is 14.9 Å². The minimum absolute atomic E-state index is 0.0243. The summed E-state index contributed by atoms with van der Waals surface area (Å²) in [5.74, 6) is 0.262. The van der Waals surface area contributed by atoms with Gasteiger partial charge in [0.15, 0.2) is 0 Å². The van der Waals surface area contributed by atoms with Gasteiger partial charge < -0.3 is 14.7 Å². The first-order chi connectivity index (χ1) is 12.3. The Morgan fingerprint density at radius 1 is 1.27 bits per heavy atom. The summed E-state index contributed by atoms with van der Waals surface area (Å²) in [4.78, 5) is 24.9. The van der Waals surface area contributed by atoms with Crippen molar-refractivity contribution in [3.8, 4) is 11.5 Å². The molecule has 1 amide bonds. The van der Waals surface area contributed by atoms with Crippen LogP contribution in [0.3, 0.4) is 0 Å². The fourth-order valence-corrected chi connectivity index (χ4v) is 3.02. The number of nitro benzene ring substituents is 1. The lowest BCUT2D eigenvalue weighted by atomic mass is 9.84. The van der Waals surface area contributed by atoms with E-state index >= 15 is 0 Å². The van der Waals surface area contributed by atoms with Crippen LogP contribution in [0.2, 0.25) is 0 Å². The molecule has 7 heteroatoms. The standard InChI is InChI=1S/C19H20N2O5/c1-19(2)11-20(12-19)18(23)14-4-3-5-15(9-14)26-17-8-13(10-22)6-7-16(17)21(24)25/h3-9,22H,10-12H2,1-2H3. The number of likely N-dealkylation sites (tertiary alicyclic amines) is 1. The van der Waals surface area contributed by atoms with Crippen LogP contribution >= 0.6 is 0 Å². The van der Waals surface area contributed by atoms with Crippen molar-refractivity contribution in [3.63, 3.8) is 0 Å². The summed E-state index contributed by atoms with van der Waals surface area (Å²) >= 11 is 0. The van der Waals surface area contributed by atoms with E-state index in [1.54, 1.807) is 29.2 Å². The molecule has 0 radical (unpaired) electrons. The molecule has 26 heavy (non-hydrogen) atoms. The summed E-state index contributed by atoms with van der Waals surface area (Å²) in [6.45, 7) is 5.34. The Morgan fingerprint density at radius 2 is 2.00 bits per heavy atom. The number of carbonyl (C=O) groups excluding carboxylic acids is 1. The zero-order valence-electron chi connectivity index (χ0n) is 14.6. The highest BCUT2D eigenvalue weighted by Crippen LogP contribution is 2.34. The fourth-order valence-electron chi connectivity index (χ4n) is 3.02. The summed E-state index contributed by atoms with van der Waals surface area (Å²) in [5, 5.41) is 20.4. The number of carbonyl (C=O) groups is 1. The van der Waals surface area contributed by atoms with Crippen molar-refractivity contribution in [2.45, 2.75) is 20.5 Å². The fraction of sp³-hybridized carbons (Fsp3) is 0.316. The number of nitro groups is 1. The molecule has 0 saturated carbocycles. The van der Waals surface area contributed by atoms with Crippen LogP contribution in [0.15, 0.2) is 42.5 Å². The molecule has 0 bridgehead atoms. The number of aliphatic hydroxyl groups is 1. The lowest BCUT2D eigenvalue weighted by Gasteiger charge is -2.45. The first-order valence-electron chi connectivity index (χ1n) is 8.24. The molecule has 1 heterocycles. The summed E-state index contributed by atoms with van der Waals surface area (Å²) in [6, 6.07) is 10.8. The van der Waals surface area contributed by atoms with Gasteiger partial charge in [-0.1, -0.05) is 19.9 Å². The number of hydrogen-bond acceptors (Lipinski definition) is 5. The van der Waals surface area contributed by atoms with Gasteiger partial charge in [-0.05, 0) is 41.3 Å².